The van der Waals surface area contributed by atoms with Gasteiger partial charge in [-0.15, -0.1) is 0 Å². The van der Waals surface area contributed by atoms with Crippen molar-refractivity contribution in [3.8, 4) is 0 Å². The van der Waals surface area contributed by atoms with E-state index < -0.39 is 0 Å². The van der Waals surface area contributed by atoms with Crippen LogP contribution in [0.15, 0.2) is 28.7 Å². The van der Waals surface area contributed by atoms with Crippen molar-refractivity contribution in [1.82, 2.24) is 4.98 Å². The van der Waals surface area contributed by atoms with Gasteiger partial charge in [-0.05, 0) is 31.9 Å². The summed E-state index contributed by atoms with van der Waals surface area (Å²) in [4.78, 5) is 6.73. The molecule has 0 N–H and O–H groups in total. The SMILES string of the molecule is CCOC1CCN(c2nc3ccccc3o2)CC1. The maximum atomic E-state index is 5.78. The Labute approximate surface area is 107 Å². The van der Waals surface area contributed by atoms with Crippen LogP contribution in [0.2, 0.25) is 0 Å². The first-order chi connectivity index (χ1) is 8.86. The predicted octanol–water partition coefficient (Wildman–Crippen LogP) is 2.83. The molecule has 0 aliphatic carbocycles. The van der Waals surface area contributed by atoms with Gasteiger partial charge in [-0.1, -0.05) is 12.1 Å². The third-order valence-electron chi connectivity index (χ3n) is 3.40. The molecule has 0 unspecified atom stereocenters. The quantitative estimate of drug-likeness (QED) is 0.834. The van der Waals surface area contributed by atoms with Crippen molar-refractivity contribution in [3.05, 3.63) is 24.3 Å². The van der Waals surface area contributed by atoms with Gasteiger partial charge in [-0.25, -0.2) is 0 Å². The van der Waals surface area contributed by atoms with Crippen molar-refractivity contribution in [1.29, 1.82) is 0 Å². The van der Waals surface area contributed by atoms with Gasteiger partial charge in [0.2, 0.25) is 0 Å². The number of oxazole rings is 1. The summed E-state index contributed by atoms with van der Waals surface area (Å²) in [6.07, 6.45) is 2.50. The number of anilines is 1. The number of nitrogens with zero attached hydrogens (tertiary/aromatic N) is 2. The lowest BCUT2D eigenvalue weighted by Crippen LogP contribution is -2.37. The molecule has 1 aromatic carbocycles. The van der Waals surface area contributed by atoms with Gasteiger partial charge < -0.3 is 14.1 Å². The minimum atomic E-state index is 0.399. The average molecular weight is 246 g/mol. The normalized spacial score (nSPS) is 17.5. The first kappa shape index (κ1) is 11.5. The molecule has 0 spiro atoms. The first-order valence-corrected chi connectivity index (χ1v) is 6.59. The van der Waals surface area contributed by atoms with E-state index in [9.17, 15) is 0 Å². The number of para-hydroxylation sites is 2. The highest BCUT2D eigenvalue weighted by molar-refractivity contribution is 5.74. The van der Waals surface area contributed by atoms with E-state index in [0.29, 0.717) is 6.10 Å². The van der Waals surface area contributed by atoms with Crippen LogP contribution >= 0.6 is 0 Å². The number of ether oxygens (including phenoxy) is 1. The molecule has 0 atom stereocenters. The summed E-state index contributed by atoms with van der Waals surface area (Å²) in [6, 6.07) is 8.63. The van der Waals surface area contributed by atoms with E-state index in [1.54, 1.807) is 0 Å². The number of aromatic nitrogens is 1. The molecule has 1 saturated heterocycles. The van der Waals surface area contributed by atoms with Crippen LogP contribution in [-0.4, -0.2) is 30.8 Å². The molecule has 18 heavy (non-hydrogen) atoms. The summed E-state index contributed by atoms with van der Waals surface area (Å²) in [6.45, 7) is 4.76. The van der Waals surface area contributed by atoms with Crippen LogP contribution in [0.3, 0.4) is 0 Å². The van der Waals surface area contributed by atoms with E-state index in [1.807, 2.05) is 31.2 Å². The first-order valence-electron chi connectivity index (χ1n) is 6.59. The predicted molar refractivity (Wildman–Crippen MR) is 70.9 cm³/mol. The van der Waals surface area contributed by atoms with Crippen molar-refractivity contribution >= 4 is 17.1 Å². The number of hydrogen-bond donors (Lipinski definition) is 0. The molecular weight excluding hydrogens is 228 g/mol. The summed E-state index contributed by atoms with van der Waals surface area (Å²) in [5.41, 5.74) is 1.79. The Kier molecular flexibility index (Phi) is 3.19. The van der Waals surface area contributed by atoms with Crippen molar-refractivity contribution in [2.24, 2.45) is 0 Å². The zero-order chi connectivity index (χ0) is 12.4. The number of hydrogen-bond acceptors (Lipinski definition) is 4. The number of piperidine rings is 1. The largest absolute Gasteiger partial charge is 0.423 e. The third-order valence-corrected chi connectivity index (χ3v) is 3.40. The van der Waals surface area contributed by atoms with Crippen LogP contribution in [0.1, 0.15) is 19.8 Å². The molecule has 2 aromatic rings. The Morgan fingerprint density at radius 3 is 2.83 bits per heavy atom. The van der Waals surface area contributed by atoms with Gasteiger partial charge in [-0.3, -0.25) is 0 Å². The Morgan fingerprint density at radius 1 is 1.33 bits per heavy atom. The van der Waals surface area contributed by atoms with Crippen LogP contribution in [-0.2, 0) is 4.74 Å². The van der Waals surface area contributed by atoms with E-state index in [1.165, 1.54) is 0 Å². The van der Waals surface area contributed by atoms with Gasteiger partial charge in [0, 0.05) is 19.7 Å². The van der Waals surface area contributed by atoms with Crippen LogP contribution in [0.25, 0.3) is 11.1 Å². The molecule has 2 heterocycles. The number of rotatable bonds is 3. The topological polar surface area (TPSA) is 38.5 Å². The molecule has 0 amide bonds. The molecule has 0 saturated carbocycles. The lowest BCUT2D eigenvalue weighted by atomic mass is 10.1. The summed E-state index contributed by atoms with van der Waals surface area (Å²) in [7, 11) is 0. The van der Waals surface area contributed by atoms with Crippen molar-refractivity contribution in [3.63, 3.8) is 0 Å². The summed E-state index contributed by atoms with van der Waals surface area (Å²) in [5.74, 6) is 0. The van der Waals surface area contributed by atoms with Crippen molar-refractivity contribution in [2.75, 3.05) is 24.6 Å². The lowest BCUT2D eigenvalue weighted by Gasteiger charge is -2.30. The van der Waals surface area contributed by atoms with E-state index in [4.69, 9.17) is 9.15 Å². The third kappa shape index (κ3) is 2.20. The fourth-order valence-corrected chi connectivity index (χ4v) is 2.44. The highest BCUT2D eigenvalue weighted by Crippen LogP contribution is 2.24. The molecule has 3 rings (SSSR count). The van der Waals surface area contributed by atoms with Gasteiger partial charge in [0.25, 0.3) is 6.01 Å². The van der Waals surface area contributed by atoms with E-state index in [-0.39, 0.29) is 0 Å². The minimum absolute atomic E-state index is 0.399. The lowest BCUT2D eigenvalue weighted by molar-refractivity contribution is 0.0453. The maximum Gasteiger partial charge on any atom is 0.298 e. The Hall–Kier alpha value is -1.55. The van der Waals surface area contributed by atoms with Crippen molar-refractivity contribution in [2.45, 2.75) is 25.9 Å². The van der Waals surface area contributed by atoms with Gasteiger partial charge in [-0.2, -0.15) is 4.98 Å². The highest BCUT2D eigenvalue weighted by atomic mass is 16.5. The van der Waals surface area contributed by atoms with Gasteiger partial charge in [0.05, 0.1) is 6.10 Å². The standard InChI is InChI=1S/C14H18N2O2/c1-2-17-11-7-9-16(10-8-11)14-15-12-5-3-4-6-13(12)18-14/h3-6,11H,2,7-10H2,1H3. The smallest absolute Gasteiger partial charge is 0.298 e. The summed E-state index contributed by atoms with van der Waals surface area (Å²) in [5, 5.41) is 0. The molecule has 96 valence electrons. The van der Waals surface area contributed by atoms with Gasteiger partial charge in [0.1, 0.15) is 5.52 Å². The second kappa shape index (κ2) is 4.98. The van der Waals surface area contributed by atoms with Crippen molar-refractivity contribution < 1.29 is 9.15 Å². The molecule has 1 aliphatic heterocycles. The number of fused-ring (bicyclic) bond motifs is 1. The highest BCUT2D eigenvalue weighted by Gasteiger charge is 2.22. The Bertz CT molecular complexity index is 482. The molecule has 4 heteroatoms. The summed E-state index contributed by atoms with van der Waals surface area (Å²) < 4.78 is 11.4. The summed E-state index contributed by atoms with van der Waals surface area (Å²) >= 11 is 0. The van der Waals surface area contributed by atoms with Crippen LogP contribution < -0.4 is 4.90 Å². The van der Waals surface area contributed by atoms with E-state index in [0.717, 1.165) is 49.7 Å². The van der Waals surface area contributed by atoms with Gasteiger partial charge in [0.15, 0.2) is 5.58 Å². The maximum absolute atomic E-state index is 5.78. The molecule has 0 radical (unpaired) electrons. The van der Waals surface area contributed by atoms with Gasteiger partial charge >= 0.3 is 0 Å². The second-order valence-electron chi connectivity index (χ2n) is 4.61. The zero-order valence-corrected chi connectivity index (χ0v) is 10.6. The molecule has 1 aromatic heterocycles. The fourth-order valence-electron chi connectivity index (χ4n) is 2.44. The second-order valence-corrected chi connectivity index (χ2v) is 4.61. The van der Waals surface area contributed by atoms with E-state index >= 15 is 0 Å². The van der Waals surface area contributed by atoms with Crippen LogP contribution in [0.5, 0.6) is 0 Å². The minimum Gasteiger partial charge on any atom is -0.423 e. The molecule has 0 bridgehead atoms. The van der Waals surface area contributed by atoms with Crippen LogP contribution in [0, 0.1) is 0 Å². The van der Waals surface area contributed by atoms with Crippen LogP contribution in [0.4, 0.5) is 6.01 Å². The zero-order valence-electron chi connectivity index (χ0n) is 10.6. The van der Waals surface area contributed by atoms with E-state index in [2.05, 4.69) is 9.88 Å². The molecule has 4 nitrogen and oxygen atoms in total. The fraction of sp³-hybridized carbons (Fsp3) is 0.500. The average Bonchev–Trinajstić information content (AvgIpc) is 2.84. The molecule has 1 fully saturated rings. The number of benzene rings is 1. The Balaban J connectivity index is 1.72. The monoisotopic (exact) mass is 246 g/mol. The molecule has 1 aliphatic rings. The molecular formula is C14H18N2O2. The Morgan fingerprint density at radius 2 is 2.11 bits per heavy atom.